The Morgan fingerprint density at radius 3 is 2.18 bits per heavy atom. The van der Waals surface area contributed by atoms with Crippen LogP contribution in [0.25, 0.3) is 6.08 Å². The monoisotopic (exact) mass is 149 g/mol. The van der Waals surface area contributed by atoms with Crippen LogP contribution in [0.1, 0.15) is 19.4 Å². The lowest BCUT2D eigenvalue weighted by atomic mass is 10.2. The topological polar surface area (TPSA) is 26.0 Å². The molecule has 0 saturated carbocycles. The summed E-state index contributed by atoms with van der Waals surface area (Å²) >= 11 is 0. The van der Waals surface area contributed by atoms with Gasteiger partial charge in [0.1, 0.15) is 0 Å². The van der Waals surface area contributed by atoms with E-state index >= 15 is 0 Å². The zero-order valence-corrected chi connectivity index (χ0v) is 7.17. The van der Waals surface area contributed by atoms with Gasteiger partial charge in [0.25, 0.3) is 0 Å². The van der Waals surface area contributed by atoms with Gasteiger partial charge < -0.3 is 5.73 Å². The summed E-state index contributed by atoms with van der Waals surface area (Å²) < 4.78 is 0. The van der Waals surface area contributed by atoms with Gasteiger partial charge in [0.2, 0.25) is 0 Å². The molecule has 0 aliphatic heterocycles. The molecule has 1 rings (SSSR count). The maximum atomic E-state index is 5.56. The van der Waals surface area contributed by atoms with Crippen molar-refractivity contribution in [2.75, 3.05) is 5.73 Å². The number of anilines is 1. The van der Waals surface area contributed by atoms with E-state index in [0.717, 1.165) is 11.3 Å². The standard InChI is InChI=1S/C8H9N.C2H6/c1-2-7-5-3-4-6-8(7)9;1-2/h2-6H,1,9H2;1-2H3. The number of hydrogen-bond acceptors (Lipinski definition) is 1. The van der Waals surface area contributed by atoms with Crippen molar-refractivity contribution in [1.82, 2.24) is 0 Å². The first-order chi connectivity index (χ1) is 5.34. The van der Waals surface area contributed by atoms with Gasteiger partial charge in [-0.15, -0.1) is 0 Å². The fourth-order valence-corrected chi connectivity index (χ4v) is 0.697. The van der Waals surface area contributed by atoms with Crippen LogP contribution in [-0.2, 0) is 0 Å². The Balaban J connectivity index is 0.000000461. The first-order valence-electron chi connectivity index (χ1n) is 3.81. The van der Waals surface area contributed by atoms with Gasteiger partial charge in [0, 0.05) is 5.69 Å². The van der Waals surface area contributed by atoms with Gasteiger partial charge in [0.05, 0.1) is 0 Å². The zero-order valence-electron chi connectivity index (χ0n) is 7.17. The molecule has 0 radical (unpaired) electrons. The average Bonchev–Trinajstić information content (AvgIpc) is 2.09. The second kappa shape index (κ2) is 5.54. The second-order valence-electron chi connectivity index (χ2n) is 1.83. The minimum atomic E-state index is 0.785. The number of nitrogen functional groups attached to an aromatic ring is 1. The predicted molar refractivity (Wildman–Crippen MR) is 52.3 cm³/mol. The normalized spacial score (nSPS) is 7.82. The summed E-state index contributed by atoms with van der Waals surface area (Å²) in [5.41, 5.74) is 7.34. The van der Waals surface area contributed by atoms with Crippen molar-refractivity contribution in [2.24, 2.45) is 0 Å². The lowest BCUT2D eigenvalue weighted by molar-refractivity contribution is 1.50. The predicted octanol–water partition coefficient (Wildman–Crippen LogP) is 2.94. The first kappa shape index (κ1) is 9.76. The molecule has 0 aromatic heterocycles. The Morgan fingerprint density at radius 2 is 1.82 bits per heavy atom. The number of nitrogens with two attached hydrogens (primary N) is 1. The van der Waals surface area contributed by atoms with E-state index in [1.807, 2.05) is 38.1 Å². The highest BCUT2D eigenvalue weighted by molar-refractivity contribution is 5.62. The van der Waals surface area contributed by atoms with E-state index in [9.17, 15) is 0 Å². The molecule has 0 spiro atoms. The van der Waals surface area contributed by atoms with Crippen molar-refractivity contribution in [3.63, 3.8) is 0 Å². The van der Waals surface area contributed by atoms with Gasteiger partial charge in [-0.25, -0.2) is 0 Å². The van der Waals surface area contributed by atoms with Crippen LogP contribution in [0.4, 0.5) is 5.69 Å². The molecule has 0 bridgehead atoms. The van der Waals surface area contributed by atoms with Crippen molar-refractivity contribution in [3.8, 4) is 0 Å². The summed E-state index contributed by atoms with van der Waals surface area (Å²) in [6, 6.07) is 7.63. The Kier molecular flexibility index (Phi) is 4.91. The van der Waals surface area contributed by atoms with Crippen molar-refractivity contribution >= 4 is 11.8 Å². The molecule has 0 fully saturated rings. The Morgan fingerprint density at radius 1 is 1.27 bits per heavy atom. The van der Waals surface area contributed by atoms with Gasteiger partial charge in [-0.3, -0.25) is 0 Å². The van der Waals surface area contributed by atoms with Gasteiger partial charge in [-0.05, 0) is 11.6 Å². The lowest BCUT2D eigenvalue weighted by Crippen LogP contribution is -1.86. The third kappa shape index (κ3) is 2.89. The van der Waals surface area contributed by atoms with Crippen molar-refractivity contribution in [3.05, 3.63) is 36.4 Å². The molecule has 0 unspecified atom stereocenters. The van der Waals surface area contributed by atoms with E-state index in [0.29, 0.717) is 0 Å². The molecule has 11 heavy (non-hydrogen) atoms. The van der Waals surface area contributed by atoms with Crippen molar-refractivity contribution in [2.45, 2.75) is 13.8 Å². The van der Waals surface area contributed by atoms with Gasteiger partial charge in [-0.2, -0.15) is 0 Å². The van der Waals surface area contributed by atoms with Gasteiger partial charge in [-0.1, -0.05) is 44.7 Å². The van der Waals surface area contributed by atoms with E-state index in [2.05, 4.69) is 6.58 Å². The third-order valence-electron chi connectivity index (χ3n) is 1.22. The quantitative estimate of drug-likeness (QED) is 0.610. The molecule has 0 aliphatic rings. The maximum absolute atomic E-state index is 5.56. The van der Waals surface area contributed by atoms with Crippen LogP contribution in [0, 0.1) is 0 Å². The molecule has 60 valence electrons. The molecule has 1 nitrogen and oxygen atoms in total. The number of rotatable bonds is 1. The van der Waals surface area contributed by atoms with Crippen LogP contribution in [0.15, 0.2) is 30.8 Å². The van der Waals surface area contributed by atoms with Gasteiger partial charge in [0.15, 0.2) is 0 Å². The number of benzene rings is 1. The number of hydrogen-bond donors (Lipinski definition) is 1. The van der Waals surface area contributed by atoms with Crippen LogP contribution in [0.5, 0.6) is 0 Å². The molecule has 1 aromatic carbocycles. The molecule has 2 N–H and O–H groups in total. The van der Waals surface area contributed by atoms with Gasteiger partial charge >= 0.3 is 0 Å². The van der Waals surface area contributed by atoms with E-state index in [-0.39, 0.29) is 0 Å². The Bertz CT molecular complexity index is 216. The number of para-hydroxylation sites is 1. The van der Waals surface area contributed by atoms with Crippen molar-refractivity contribution in [1.29, 1.82) is 0 Å². The maximum Gasteiger partial charge on any atom is 0.0387 e. The largest absolute Gasteiger partial charge is 0.398 e. The summed E-state index contributed by atoms with van der Waals surface area (Å²) in [4.78, 5) is 0. The SMILES string of the molecule is C=Cc1ccccc1N.CC. The minimum absolute atomic E-state index is 0.785. The zero-order chi connectivity index (χ0) is 8.69. The highest BCUT2D eigenvalue weighted by atomic mass is 14.5. The smallest absolute Gasteiger partial charge is 0.0387 e. The highest BCUT2D eigenvalue weighted by Gasteiger charge is 1.87. The molecule has 1 heteroatoms. The van der Waals surface area contributed by atoms with E-state index in [1.54, 1.807) is 6.08 Å². The Hall–Kier alpha value is -1.24. The molecular weight excluding hydrogens is 134 g/mol. The molecule has 0 heterocycles. The highest BCUT2D eigenvalue weighted by Crippen LogP contribution is 2.10. The summed E-state index contributed by atoms with van der Waals surface area (Å²) in [6.45, 7) is 7.61. The molecule has 1 aromatic rings. The van der Waals surface area contributed by atoms with Crippen molar-refractivity contribution < 1.29 is 0 Å². The first-order valence-corrected chi connectivity index (χ1v) is 3.81. The average molecular weight is 149 g/mol. The third-order valence-corrected chi connectivity index (χ3v) is 1.22. The van der Waals surface area contributed by atoms with Crippen LogP contribution in [0.2, 0.25) is 0 Å². The molecule has 0 aliphatic carbocycles. The van der Waals surface area contributed by atoms with E-state index < -0.39 is 0 Å². The minimum Gasteiger partial charge on any atom is -0.398 e. The summed E-state index contributed by atoms with van der Waals surface area (Å²) in [5.74, 6) is 0. The summed E-state index contributed by atoms with van der Waals surface area (Å²) in [7, 11) is 0. The van der Waals surface area contributed by atoms with Crippen LogP contribution < -0.4 is 5.73 Å². The summed E-state index contributed by atoms with van der Waals surface area (Å²) in [5, 5.41) is 0. The second-order valence-corrected chi connectivity index (χ2v) is 1.83. The fourth-order valence-electron chi connectivity index (χ4n) is 0.697. The summed E-state index contributed by atoms with van der Waals surface area (Å²) in [6.07, 6.45) is 1.75. The van der Waals surface area contributed by atoms with Crippen LogP contribution >= 0.6 is 0 Å². The fraction of sp³-hybridized carbons (Fsp3) is 0.200. The lowest BCUT2D eigenvalue weighted by Gasteiger charge is -1.95. The van der Waals surface area contributed by atoms with Crippen LogP contribution in [0.3, 0.4) is 0 Å². The Labute approximate surface area is 68.5 Å². The molecule has 0 amide bonds. The van der Waals surface area contributed by atoms with E-state index in [1.165, 1.54) is 0 Å². The molecular formula is C10H15N. The molecule has 0 saturated heterocycles. The van der Waals surface area contributed by atoms with E-state index in [4.69, 9.17) is 5.73 Å². The van der Waals surface area contributed by atoms with Crippen LogP contribution in [-0.4, -0.2) is 0 Å². The molecule has 0 atom stereocenters.